The minimum atomic E-state index is -0.735. The second kappa shape index (κ2) is 6.00. The first kappa shape index (κ1) is 13.1. The van der Waals surface area contributed by atoms with Crippen LogP contribution in [0.3, 0.4) is 0 Å². The summed E-state index contributed by atoms with van der Waals surface area (Å²) >= 11 is 0. The summed E-state index contributed by atoms with van der Waals surface area (Å²) in [6.45, 7) is 1.24. The molecule has 1 aliphatic heterocycles. The third-order valence-corrected chi connectivity index (χ3v) is 4.47. The monoisotopic (exact) mass is 266 g/mol. The molecule has 98 valence electrons. The van der Waals surface area contributed by atoms with Crippen LogP contribution in [0.2, 0.25) is 0 Å². The molecule has 0 bridgehead atoms. The van der Waals surface area contributed by atoms with Gasteiger partial charge in [0.2, 0.25) is 5.91 Å². The lowest BCUT2D eigenvalue weighted by Gasteiger charge is -2.26. The number of amides is 1. The average Bonchev–Trinajstić information content (AvgIpc) is 2.38. The summed E-state index contributed by atoms with van der Waals surface area (Å²) in [5.41, 5.74) is 7.60. The molecular formula is C13H18N2O2S. The zero-order valence-electron chi connectivity index (χ0n) is 10.3. The number of nitrogens with two attached hydrogens (primary N) is 1. The SMILES string of the molecule is Nc1ccccc1CCC(=O)N1CCS(=O)CC1. The topological polar surface area (TPSA) is 63.4 Å². The number of aryl methyl sites for hydroxylation is 1. The van der Waals surface area contributed by atoms with Crippen LogP contribution in [0.25, 0.3) is 0 Å². The van der Waals surface area contributed by atoms with Gasteiger partial charge in [0.05, 0.1) is 0 Å². The van der Waals surface area contributed by atoms with Crippen LogP contribution in [0.1, 0.15) is 12.0 Å². The molecular weight excluding hydrogens is 248 g/mol. The molecule has 1 saturated heterocycles. The fourth-order valence-electron chi connectivity index (χ4n) is 2.05. The van der Waals surface area contributed by atoms with Crippen molar-refractivity contribution in [3.63, 3.8) is 0 Å². The van der Waals surface area contributed by atoms with Gasteiger partial charge in [-0.25, -0.2) is 0 Å². The number of carbonyl (C=O) groups excluding carboxylic acids is 1. The van der Waals surface area contributed by atoms with Crippen LogP contribution in [-0.4, -0.2) is 39.6 Å². The second-order valence-corrected chi connectivity index (χ2v) is 6.12. The smallest absolute Gasteiger partial charge is 0.222 e. The predicted molar refractivity (Wildman–Crippen MR) is 73.6 cm³/mol. The Balaban J connectivity index is 1.85. The first-order valence-corrected chi connectivity index (χ1v) is 7.62. The van der Waals surface area contributed by atoms with E-state index in [2.05, 4.69) is 0 Å². The molecule has 0 spiro atoms. The summed E-state index contributed by atoms with van der Waals surface area (Å²) in [5.74, 6) is 1.35. The number of carbonyl (C=O) groups is 1. The molecule has 5 heteroatoms. The number of nitrogens with zero attached hydrogens (tertiary/aromatic N) is 1. The van der Waals surface area contributed by atoms with E-state index >= 15 is 0 Å². The Hall–Kier alpha value is -1.36. The molecule has 18 heavy (non-hydrogen) atoms. The first-order chi connectivity index (χ1) is 8.66. The van der Waals surface area contributed by atoms with Gasteiger partial charge in [0.25, 0.3) is 0 Å². The molecule has 1 amide bonds. The van der Waals surface area contributed by atoms with Gasteiger partial charge in [0.1, 0.15) is 0 Å². The molecule has 1 fully saturated rings. The van der Waals surface area contributed by atoms with Crippen molar-refractivity contribution in [3.05, 3.63) is 29.8 Å². The van der Waals surface area contributed by atoms with Crippen LogP contribution >= 0.6 is 0 Å². The van der Waals surface area contributed by atoms with Crippen molar-refractivity contribution in [1.82, 2.24) is 4.90 Å². The largest absolute Gasteiger partial charge is 0.399 e. The summed E-state index contributed by atoms with van der Waals surface area (Å²) in [6.07, 6.45) is 1.14. The van der Waals surface area contributed by atoms with Crippen LogP contribution in [0, 0.1) is 0 Å². The average molecular weight is 266 g/mol. The maximum atomic E-state index is 12.0. The predicted octanol–water partition coefficient (Wildman–Crippen LogP) is 0.792. The molecule has 0 unspecified atom stereocenters. The Morgan fingerprint density at radius 3 is 2.61 bits per heavy atom. The maximum Gasteiger partial charge on any atom is 0.222 e. The lowest BCUT2D eigenvalue weighted by molar-refractivity contribution is -0.130. The number of rotatable bonds is 3. The quantitative estimate of drug-likeness (QED) is 0.823. The lowest BCUT2D eigenvalue weighted by atomic mass is 10.1. The van der Waals surface area contributed by atoms with E-state index in [9.17, 15) is 9.00 Å². The third kappa shape index (κ3) is 3.32. The summed E-state index contributed by atoms with van der Waals surface area (Å²) in [4.78, 5) is 13.8. The van der Waals surface area contributed by atoms with Crippen molar-refractivity contribution in [2.75, 3.05) is 30.3 Å². The fourth-order valence-corrected chi connectivity index (χ4v) is 3.10. The summed E-state index contributed by atoms with van der Waals surface area (Å²) in [5, 5.41) is 0. The second-order valence-electron chi connectivity index (χ2n) is 4.43. The molecule has 1 aromatic carbocycles. The van der Waals surface area contributed by atoms with Gasteiger partial charge in [-0.1, -0.05) is 18.2 Å². The van der Waals surface area contributed by atoms with Crippen molar-refractivity contribution in [1.29, 1.82) is 0 Å². The van der Waals surface area contributed by atoms with E-state index in [0.717, 1.165) is 11.3 Å². The fraction of sp³-hybridized carbons (Fsp3) is 0.462. The minimum Gasteiger partial charge on any atom is -0.399 e. The summed E-state index contributed by atoms with van der Waals surface area (Å²) < 4.78 is 11.2. The van der Waals surface area contributed by atoms with Gasteiger partial charge in [-0.05, 0) is 18.1 Å². The number of benzene rings is 1. The van der Waals surface area contributed by atoms with Gasteiger partial charge in [-0.3, -0.25) is 9.00 Å². The number of hydrogen-bond donors (Lipinski definition) is 1. The van der Waals surface area contributed by atoms with Crippen molar-refractivity contribution < 1.29 is 9.00 Å². The molecule has 4 nitrogen and oxygen atoms in total. The molecule has 0 radical (unpaired) electrons. The van der Waals surface area contributed by atoms with Crippen molar-refractivity contribution in [2.24, 2.45) is 0 Å². The number of nitrogen functional groups attached to an aromatic ring is 1. The van der Waals surface area contributed by atoms with E-state index in [1.807, 2.05) is 24.3 Å². The Morgan fingerprint density at radius 2 is 1.94 bits per heavy atom. The number of anilines is 1. The maximum absolute atomic E-state index is 12.0. The molecule has 2 rings (SSSR count). The van der Waals surface area contributed by atoms with E-state index in [0.29, 0.717) is 37.4 Å². The number of hydrogen-bond acceptors (Lipinski definition) is 3. The molecule has 0 saturated carbocycles. The Labute approximate surface area is 110 Å². The van der Waals surface area contributed by atoms with Crippen molar-refractivity contribution in [3.8, 4) is 0 Å². The van der Waals surface area contributed by atoms with Crippen molar-refractivity contribution in [2.45, 2.75) is 12.8 Å². The van der Waals surface area contributed by atoms with Crippen LogP contribution in [0.15, 0.2) is 24.3 Å². The van der Waals surface area contributed by atoms with Gasteiger partial charge in [-0.15, -0.1) is 0 Å². The third-order valence-electron chi connectivity index (χ3n) is 3.19. The molecule has 1 aromatic rings. The minimum absolute atomic E-state index is 0.134. The van der Waals surface area contributed by atoms with Gasteiger partial charge < -0.3 is 10.6 Å². The molecule has 0 atom stereocenters. The first-order valence-electron chi connectivity index (χ1n) is 6.13. The molecule has 1 aliphatic rings. The van der Waals surface area contributed by atoms with E-state index in [-0.39, 0.29) is 5.91 Å². The van der Waals surface area contributed by atoms with Crippen molar-refractivity contribution >= 4 is 22.4 Å². The highest BCUT2D eigenvalue weighted by Gasteiger charge is 2.19. The highest BCUT2D eigenvalue weighted by atomic mass is 32.2. The summed E-state index contributed by atoms with van der Waals surface area (Å²) in [6, 6.07) is 7.62. The Bertz CT molecular complexity index is 452. The molecule has 0 aromatic heterocycles. The van der Waals surface area contributed by atoms with E-state index in [4.69, 9.17) is 5.73 Å². The van der Waals surface area contributed by atoms with Crippen LogP contribution in [-0.2, 0) is 22.0 Å². The molecule has 0 aliphatic carbocycles. The summed E-state index contributed by atoms with van der Waals surface area (Å²) in [7, 11) is -0.735. The normalized spacial score (nSPS) is 16.8. The van der Waals surface area contributed by atoms with Crippen LogP contribution < -0.4 is 5.73 Å². The van der Waals surface area contributed by atoms with E-state index in [1.54, 1.807) is 4.90 Å². The van der Waals surface area contributed by atoms with Gasteiger partial charge >= 0.3 is 0 Å². The van der Waals surface area contributed by atoms with E-state index in [1.165, 1.54) is 0 Å². The van der Waals surface area contributed by atoms with Gasteiger partial charge in [0, 0.05) is 47.5 Å². The standard InChI is InChI=1S/C13H18N2O2S/c14-12-4-2-1-3-11(12)5-6-13(16)15-7-9-18(17)10-8-15/h1-4H,5-10,14H2. The van der Waals surface area contributed by atoms with E-state index < -0.39 is 10.8 Å². The zero-order valence-corrected chi connectivity index (χ0v) is 11.1. The lowest BCUT2D eigenvalue weighted by Crippen LogP contribution is -2.41. The highest BCUT2D eigenvalue weighted by Crippen LogP contribution is 2.13. The Kier molecular flexibility index (Phi) is 4.36. The molecule has 2 N–H and O–H groups in total. The van der Waals surface area contributed by atoms with Gasteiger partial charge in [-0.2, -0.15) is 0 Å². The molecule has 1 heterocycles. The van der Waals surface area contributed by atoms with Crippen LogP contribution in [0.4, 0.5) is 5.69 Å². The zero-order chi connectivity index (χ0) is 13.0. The highest BCUT2D eigenvalue weighted by molar-refractivity contribution is 7.85. The number of para-hydroxylation sites is 1. The van der Waals surface area contributed by atoms with Gasteiger partial charge in [0.15, 0.2) is 0 Å². The Morgan fingerprint density at radius 1 is 1.28 bits per heavy atom. The van der Waals surface area contributed by atoms with Crippen LogP contribution in [0.5, 0.6) is 0 Å².